The second-order valence-corrected chi connectivity index (χ2v) is 3.82. The van der Waals surface area contributed by atoms with Crippen LogP contribution in [0.1, 0.15) is 17.1 Å². The number of nitrogens with two attached hydrogens (primary N) is 1. The standard InChI is InChI=1S/C13H13F2NO/c14-10-1-4-13(15)9(7-10)8-12-3-2-11(17-12)5-6-16/h1-4,7H,5-6,8,16H2. The molecule has 0 spiro atoms. The molecule has 0 aliphatic heterocycles. The van der Waals surface area contributed by atoms with Crippen molar-refractivity contribution in [3.63, 3.8) is 0 Å². The fraction of sp³-hybridized carbons (Fsp3) is 0.231. The number of rotatable bonds is 4. The summed E-state index contributed by atoms with van der Waals surface area (Å²) in [5.41, 5.74) is 5.69. The van der Waals surface area contributed by atoms with Gasteiger partial charge in [0.1, 0.15) is 23.2 Å². The number of hydrogen-bond acceptors (Lipinski definition) is 2. The van der Waals surface area contributed by atoms with Gasteiger partial charge in [-0.3, -0.25) is 0 Å². The monoisotopic (exact) mass is 237 g/mol. The summed E-state index contributed by atoms with van der Waals surface area (Å²) >= 11 is 0. The molecule has 4 heteroatoms. The van der Waals surface area contributed by atoms with E-state index in [2.05, 4.69) is 0 Å². The predicted octanol–water partition coefficient (Wildman–Crippen LogP) is 2.65. The maximum Gasteiger partial charge on any atom is 0.127 e. The van der Waals surface area contributed by atoms with Gasteiger partial charge in [0, 0.05) is 12.8 Å². The van der Waals surface area contributed by atoms with Crippen LogP contribution in [0.5, 0.6) is 0 Å². The lowest BCUT2D eigenvalue weighted by atomic mass is 10.1. The zero-order valence-electron chi connectivity index (χ0n) is 9.25. The van der Waals surface area contributed by atoms with Crippen molar-refractivity contribution in [2.24, 2.45) is 5.73 Å². The van der Waals surface area contributed by atoms with Gasteiger partial charge in [-0.05, 0) is 42.4 Å². The first kappa shape index (κ1) is 11.8. The first-order valence-corrected chi connectivity index (χ1v) is 5.40. The minimum atomic E-state index is -0.449. The maximum atomic E-state index is 13.4. The lowest BCUT2D eigenvalue weighted by Gasteiger charge is -2.01. The summed E-state index contributed by atoms with van der Waals surface area (Å²) in [7, 11) is 0. The molecule has 2 aromatic rings. The molecule has 17 heavy (non-hydrogen) atoms. The molecule has 0 atom stereocenters. The van der Waals surface area contributed by atoms with Crippen LogP contribution in [0.2, 0.25) is 0 Å². The lowest BCUT2D eigenvalue weighted by molar-refractivity contribution is 0.470. The average molecular weight is 237 g/mol. The fourth-order valence-corrected chi connectivity index (χ4v) is 1.66. The Morgan fingerprint density at radius 3 is 2.59 bits per heavy atom. The summed E-state index contributed by atoms with van der Waals surface area (Å²) in [4.78, 5) is 0. The Kier molecular flexibility index (Phi) is 3.54. The molecule has 0 amide bonds. The SMILES string of the molecule is NCCc1ccc(Cc2cc(F)ccc2F)o1. The van der Waals surface area contributed by atoms with Crippen molar-refractivity contribution >= 4 is 0 Å². The van der Waals surface area contributed by atoms with E-state index in [1.54, 1.807) is 12.1 Å². The third-order valence-corrected chi connectivity index (χ3v) is 2.48. The van der Waals surface area contributed by atoms with Crippen LogP contribution in [0, 0.1) is 11.6 Å². The molecule has 1 aromatic heterocycles. The number of furan rings is 1. The van der Waals surface area contributed by atoms with Gasteiger partial charge >= 0.3 is 0 Å². The molecule has 0 fully saturated rings. The van der Waals surface area contributed by atoms with Crippen molar-refractivity contribution in [1.29, 1.82) is 0 Å². The second-order valence-electron chi connectivity index (χ2n) is 3.82. The zero-order chi connectivity index (χ0) is 12.3. The number of halogens is 2. The molecule has 90 valence electrons. The van der Waals surface area contributed by atoms with Crippen molar-refractivity contribution in [3.05, 3.63) is 59.1 Å². The van der Waals surface area contributed by atoms with Crippen LogP contribution in [-0.2, 0) is 12.8 Å². The van der Waals surface area contributed by atoms with Gasteiger partial charge in [0.05, 0.1) is 0 Å². The van der Waals surface area contributed by atoms with Crippen LogP contribution >= 0.6 is 0 Å². The molecule has 0 aliphatic rings. The maximum absolute atomic E-state index is 13.4. The van der Waals surface area contributed by atoms with Crippen molar-refractivity contribution in [3.8, 4) is 0 Å². The Hall–Kier alpha value is -1.68. The van der Waals surface area contributed by atoms with Crippen LogP contribution in [0.25, 0.3) is 0 Å². The van der Waals surface area contributed by atoms with Gasteiger partial charge in [0.2, 0.25) is 0 Å². The van der Waals surface area contributed by atoms with Gasteiger partial charge in [-0.2, -0.15) is 0 Å². The van der Waals surface area contributed by atoms with Gasteiger partial charge in [0.25, 0.3) is 0 Å². The fourth-order valence-electron chi connectivity index (χ4n) is 1.66. The van der Waals surface area contributed by atoms with E-state index < -0.39 is 11.6 Å². The highest BCUT2D eigenvalue weighted by atomic mass is 19.1. The molecule has 0 radical (unpaired) electrons. The quantitative estimate of drug-likeness (QED) is 0.887. The second kappa shape index (κ2) is 5.10. The molecule has 2 nitrogen and oxygen atoms in total. The van der Waals surface area contributed by atoms with Crippen LogP contribution in [0.4, 0.5) is 8.78 Å². The van der Waals surface area contributed by atoms with Gasteiger partial charge in [0.15, 0.2) is 0 Å². The lowest BCUT2D eigenvalue weighted by Crippen LogP contribution is -2.01. The van der Waals surface area contributed by atoms with Crippen LogP contribution < -0.4 is 5.73 Å². The summed E-state index contributed by atoms with van der Waals surface area (Å²) < 4.78 is 31.8. The highest BCUT2D eigenvalue weighted by Crippen LogP contribution is 2.17. The Bertz CT molecular complexity index is 508. The predicted molar refractivity (Wildman–Crippen MR) is 60.6 cm³/mol. The number of benzene rings is 1. The van der Waals surface area contributed by atoms with E-state index in [1.807, 2.05) is 0 Å². The van der Waals surface area contributed by atoms with E-state index in [0.29, 0.717) is 24.3 Å². The van der Waals surface area contributed by atoms with E-state index in [4.69, 9.17) is 10.2 Å². The minimum absolute atomic E-state index is 0.244. The van der Waals surface area contributed by atoms with Crippen LogP contribution in [0.15, 0.2) is 34.7 Å². The van der Waals surface area contributed by atoms with Crippen LogP contribution in [0.3, 0.4) is 0 Å². The average Bonchev–Trinajstić information content (AvgIpc) is 2.72. The smallest absolute Gasteiger partial charge is 0.127 e. The molecule has 1 heterocycles. The normalized spacial score (nSPS) is 10.8. The van der Waals surface area contributed by atoms with E-state index in [9.17, 15) is 8.78 Å². The van der Waals surface area contributed by atoms with E-state index in [0.717, 1.165) is 17.9 Å². The third-order valence-electron chi connectivity index (χ3n) is 2.48. The summed E-state index contributed by atoms with van der Waals surface area (Å²) in [6, 6.07) is 6.96. The van der Waals surface area contributed by atoms with Crippen LogP contribution in [-0.4, -0.2) is 6.54 Å². The van der Waals surface area contributed by atoms with Gasteiger partial charge in [-0.25, -0.2) is 8.78 Å². The molecule has 0 saturated heterocycles. The largest absolute Gasteiger partial charge is 0.466 e. The van der Waals surface area contributed by atoms with E-state index in [-0.39, 0.29) is 6.42 Å². The van der Waals surface area contributed by atoms with Crippen molar-refractivity contribution < 1.29 is 13.2 Å². The molecule has 0 unspecified atom stereocenters. The van der Waals surface area contributed by atoms with Gasteiger partial charge in [-0.1, -0.05) is 0 Å². The topological polar surface area (TPSA) is 39.2 Å². The Morgan fingerprint density at radius 2 is 1.82 bits per heavy atom. The molecule has 2 rings (SSSR count). The van der Waals surface area contributed by atoms with Gasteiger partial charge in [-0.15, -0.1) is 0 Å². The Labute approximate surface area is 98.0 Å². The molecular weight excluding hydrogens is 224 g/mol. The summed E-state index contributed by atoms with van der Waals surface area (Å²) in [5.74, 6) is 0.496. The zero-order valence-corrected chi connectivity index (χ0v) is 9.25. The molecular formula is C13H13F2NO. The molecule has 0 bridgehead atoms. The third kappa shape index (κ3) is 2.91. The summed E-state index contributed by atoms with van der Waals surface area (Å²) in [6.07, 6.45) is 0.889. The molecule has 2 N–H and O–H groups in total. The number of hydrogen-bond donors (Lipinski definition) is 1. The Morgan fingerprint density at radius 1 is 1.06 bits per heavy atom. The summed E-state index contributed by atoms with van der Waals surface area (Å²) in [6.45, 7) is 0.501. The van der Waals surface area contributed by atoms with Crippen molar-refractivity contribution in [2.75, 3.05) is 6.54 Å². The van der Waals surface area contributed by atoms with Crippen molar-refractivity contribution in [2.45, 2.75) is 12.8 Å². The Balaban J connectivity index is 2.16. The highest BCUT2D eigenvalue weighted by molar-refractivity contribution is 5.24. The molecule has 0 saturated carbocycles. The molecule has 1 aromatic carbocycles. The van der Waals surface area contributed by atoms with E-state index >= 15 is 0 Å². The van der Waals surface area contributed by atoms with Gasteiger partial charge < -0.3 is 10.2 Å². The molecule has 0 aliphatic carbocycles. The first-order valence-electron chi connectivity index (χ1n) is 5.40. The summed E-state index contributed by atoms with van der Waals surface area (Å²) in [5, 5.41) is 0. The first-order chi connectivity index (χ1) is 8.19. The van der Waals surface area contributed by atoms with E-state index in [1.165, 1.54) is 6.07 Å². The minimum Gasteiger partial charge on any atom is -0.466 e. The van der Waals surface area contributed by atoms with Crippen molar-refractivity contribution in [1.82, 2.24) is 0 Å². The highest BCUT2D eigenvalue weighted by Gasteiger charge is 2.08.